The zero-order valence-electron chi connectivity index (χ0n) is 15.7. The summed E-state index contributed by atoms with van der Waals surface area (Å²) in [6.07, 6.45) is -4.37. The number of alkyl halides is 3. The third-order valence-electron chi connectivity index (χ3n) is 4.66. The van der Waals surface area contributed by atoms with Gasteiger partial charge in [0.2, 0.25) is 0 Å². The average molecular weight is 427 g/mol. The summed E-state index contributed by atoms with van der Waals surface area (Å²) in [5.74, 6) is -0.124. The van der Waals surface area contributed by atoms with Crippen molar-refractivity contribution in [1.82, 2.24) is 5.32 Å². The second-order valence-corrected chi connectivity index (χ2v) is 9.00. The number of rotatable bonds is 3. The molecule has 1 aliphatic heterocycles. The fraction of sp³-hybridized carbons (Fsp3) is 0.316. The molecule has 29 heavy (non-hydrogen) atoms. The quantitative estimate of drug-likeness (QED) is 0.781. The molecule has 0 fully saturated rings. The maximum Gasteiger partial charge on any atom is 0.416 e. The summed E-state index contributed by atoms with van der Waals surface area (Å²) < 4.78 is 63.6. The van der Waals surface area contributed by atoms with E-state index in [1.807, 2.05) is 0 Å². The van der Waals surface area contributed by atoms with Crippen LogP contribution in [-0.4, -0.2) is 34.3 Å². The summed E-state index contributed by atoms with van der Waals surface area (Å²) in [5.41, 5.74) is -0.0166. The first-order valence-electron chi connectivity index (χ1n) is 8.77. The van der Waals surface area contributed by atoms with Crippen LogP contribution in [0.25, 0.3) is 0 Å². The van der Waals surface area contributed by atoms with Crippen LogP contribution in [0.15, 0.2) is 47.4 Å². The van der Waals surface area contributed by atoms with Crippen molar-refractivity contribution in [2.24, 2.45) is 0 Å². The number of amides is 2. The van der Waals surface area contributed by atoms with Gasteiger partial charge in [0.1, 0.15) is 0 Å². The molecule has 10 heteroatoms. The Hall–Kier alpha value is -2.75. The van der Waals surface area contributed by atoms with E-state index in [-0.39, 0.29) is 22.8 Å². The van der Waals surface area contributed by atoms with Gasteiger partial charge in [-0.3, -0.25) is 0 Å². The molecule has 1 unspecified atom stereocenters. The number of nitrogens with zero attached hydrogens (tertiary/aromatic N) is 1. The van der Waals surface area contributed by atoms with Crippen LogP contribution < -0.4 is 15.5 Å². The zero-order valence-corrected chi connectivity index (χ0v) is 16.6. The Morgan fingerprint density at radius 2 is 1.83 bits per heavy atom. The first-order valence-corrected chi connectivity index (χ1v) is 10.4. The minimum absolute atomic E-state index is 0.000888. The molecule has 3 rings (SSSR count). The number of carbonyl (C=O) groups excluding carboxylic acids is 1. The van der Waals surface area contributed by atoms with E-state index < -0.39 is 33.6 Å². The summed E-state index contributed by atoms with van der Waals surface area (Å²) >= 11 is 0. The lowest BCUT2D eigenvalue weighted by molar-refractivity contribution is -0.137. The number of carbonyl (C=O) groups is 1. The second-order valence-electron chi connectivity index (χ2n) is 6.92. The number of urea groups is 1. The van der Waals surface area contributed by atoms with E-state index in [1.165, 1.54) is 12.1 Å². The van der Waals surface area contributed by atoms with E-state index in [4.69, 9.17) is 0 Å². The van der Waals surface area contributed by atoms with E-state index in [0.717, 1.165) is 12.1 Å². The van der Waals surface area contributed by atoms with Crippen LogP contribution in [0, 0.1) is 0 Å². The van der Waals surface area contributed by atoms with E-state index in [1.54, 1.807) is 37.2 Å². The minimum Gasteiger partial charge on any atom is -0.376 e. The summed E-state index contributed by atoms with van der Waals surface area (Å²) in [4.78, 5) is 14.3. The molecule has 2 amide bonds. The monoisotopic (exact) mass is 427 g/mol. The molecule has 2 aromatic rings. The second kappa shape index (κ2) is 7.58. The van der Waals surface area contributed by atoms with E-state index >= 15 is 0 Å². The Balaban J connectivity index is 1.85. The molecule has 0 aromatic heterocycles. The highest BCUT2D eigenvalue weighted by Gasteiger charge is 2.33. The maximum absolute atomic E-state index is 13.1. The van der Waals surface area contributed by atoms with Gasteiger partial charge in [0, 0.05) is 14.1 Å². The number of anilines is 2. The number of hydrogen-bond acceptors (Lipinski definition) is 4. The third kappa shape index (κ3) is 4.47. The van der Waals surface area contributed by atoms with Crippen molar-refractivity contribution in [3.63, 3.8) is 0 Å². The minimum atomic E-state index is -4.55. The molecular weight excluding hydrogens is 407 g/mol. The van der Waals surface area contributed by atoms with Crippen LogP contribution >= 0.6 is 0 Å². The largest absolute Gasteiger partial charge is 0.416 e. The summed E-state index contributed by atoms with van der Waals surface area (Å²) in [6, 6.07) is 8.18. The highest BCUT2D eigenvalue weighted by Crippen LogP contribution is 2.35. The molecule has 0 spiro atoms. The van der Waals surface area contributed by atoms with Crippen LogP contribution in [0.3, 0.4) is 0 Å². The number of nitrogens with one attached hydrogen (secondary N) is 2. The highest BCUT2D eigenvalue weighted by atomic mass is 32.2. The lowest BCUT2D eigenvalue weighted by atomic mass is 10.0. The van der Waals surface area contributed by atoms with Crippen LogP contribution in [0.1, 0.15) is 23.6 Å². The van der Waals surface area contributed by atoms with Crippen molar-refractivity contribution in [3.8, 4) is 0 Å². The Kier molecular flexibility index (Phi) is 5.48. The first kappa shape index (κ1) is 21.0. The van der Waals surface area contributed by atoms with Crippen molar-refractivity contribution in [2.45, 2.75) is 23.5 Å². The molecule has 2 aromatic carbocycles. The Bertz CT molecular complexity index is 1040. The van der Waals surface area contributed by atoms with E-state index in [0.29, 0.717) is 11.3 Å². The van der Waals surface area contributed by atoms with E-state index in [9.17, 15) is 26.4 Å². The Labute approximate surface area is 166 Å². The van der Waals surface area contributed by atoms with Crippen molar-refractivity contribution < 1.29 is 26.4 Å². The van der Waals surface area contributed by atoms with Crippen molar-refractivity contribution >= 4 is 27.2 Å². The van der Waals surface area contributed by atoms with Gasteiger partial charge in [0.25, 0.3) is 0 Å². The molecule has 0 saturated carbocycles. The standard InChI is InChI=1S/C19H20F3N3O3S/c1-25(2)16-8-7-12(19(20,21)22)11-15(16)24-18(26)23-14-9-10-29(27,28)17-6-4-3-5-13(14)17/h3-8,11,14H,9-10H2,1-2H3,(H2,23,24,26). The van der Waals surface area contributed by atoms with Gasteiger partial charge >= 0.3 is 12.2 Å². The third-order valence-corrected chi connectivity index (χ3v) is 6.48. The fourth-order valence-electron chi connectivity index (χ4n) is 3.26. The molecule has 0 aliphatic carbocycles. The number of fused-ring (bicyclic) bond motifs is 1. The number of benzene rings is 2. The molecule has 1 heterocycles. The Morgan fingerprint density at radius 3 is 2.48 bits per heavy atom. The zero-order chi connectivity index (χ0) is 21.4. The molecule has 0 bridgehead atoms. The molecule has 2 N–H and O–H groups in total. The number of hydrogen-bond donors (Lipinski definition) is 2. The summed E-state index contributed by atoms with van der Waals surface area (Å²) in [7, 11) is -0.119. The van der Waals surface area contributed by atoms with Crippen LogP contribution in [-0.2, 0) is 16.0 Å². The molecule has 1 aliphatic rings. The van der Waals surface area contributed by atoms with Gasteiger partial charge in [-0.15, -0.1) is 0 Å². The van der Waals surface area contributed by atoms with Gasteiger partial charge < -0.3 is 15.5 Å². The van der Waals surface area contributed by atoms with Crippen LogP contribution in [0.2, 0.25) is 0 Å². The lowest BCUT2D eigenvalue weighted by Crippen LogP contribution is -2.36. The van der Waals surface area contributed by atoms with Gasteiger partial charge in [0.05, 0.1) is 33.6 Å². The molecule has 156 valence electrons. The van der Waals surface area contributed by atoms with Gasteiger partial charge in [-0.1, -0.05) is 18.2 Å². The molecular formula is C19H20F3N3O3S. The summed E-state index contributed by atoms with van der Waals surface area (Å²) in [6.45, 7) is 0. The molecule has 6 nitrogen and oxygen atoms in total. The maximum atomic E-state index is 13.1. The fourth-order valence-corrected chi connectivity index (χ4v) is 4.88. The smallest absolute Gasteiger partial charge is 0.376 e. The summed E-state index contributed by atoms with van der Waals surface area (Å²) in [5, 5.41) is 5.13. The van der Waals surface area contributed by atoms with Crippen LogP contribution in [0.4, 0.5) is 29.3 Å². The van der Waals surface area contributed by atoms with Gasteiger partial charge in [-0.25, -0.2) is 13.2 Å². The molecule has 0 radical (unpaired) electrons. The van der Waals surface area contributed by atoms with Crippen molar-refractivity contribution in [3.05, 3.63) is 53.6 Å². The predicted molar refractivity (Wildman–Crippen MR) is 104 cm³/mol. The predicted octanol–water partition coefficient (Wildman–Crippen LogP) is 3.81. The molecule has 0 saturated heterocycles. The average Bonchev–Trinajstić information content (AvgIpc) is 2.63. The topological polar surface area (TPSA) is 78.5 Å². The van der Waals surface area contributed by atoms with Gasteiger partial charge in [0.15, 0.2) is 9.84 Å². The normalized spacial score (nSPS) is 17.9. The van der Waals surface area contributed by atoms with Gasteiger partial charge in [-0.2, -0.15) is 13.2 Å². The van der Waals surface area contributed by atoms with Crippen molar-refractivity contribution in [2.75, 3.05) is 30.1 Å². The van der Waals surface area contributed by atoms with Crippen LogP contribution in [0.5, 0.6) is 0 Å². The molecule has 1 atom stereocenters. The van der Waals surface area contributed by atoms with Gasteiger partial charge in [-0.05, 0) is 36.2 Å². The number of sulfone groups is 1. The first-order chi connectivity index (χ1) is 13.5. The number of halogens is 3. The van der Waals surface area contributed by atoms with Crippen molar-refractivity contribution in [1.29, 1.82) is 0 Å². The Morgan fingerprint density at radius 1 is 1.14 bits per heavy atom. The lowest BCUT2D eigenvalue weighted by Gasteiger charge is -2.27. The van der Waals surface area contributed by atoms with E-state index in [2.05, 4.69) is 10.6 Å². The SMILES string of the molecule is CN(C)c1ccc(C(F)(F)F)cc1NC(=O)NC1CCS(=O)(=O)c2ccccc21. The highest BCUT2D eigenvalue weighted by molar-refractivity contribution is 7.91.